The number of nitrogens with one attached hydrogen (secondary N) is 1. The predicted molar refractivity (Wildman–Crippen MR) is 68.5 cm³/mol. The molecule has 1 aliphatic rings. The van der Waals surface area contributed by atoms with Gasteiger partial charge in [0.25, 0.3) is 0 Å². The highest BCUT2D eigenvalue weighted by Gasteiger charge is 2.32. The second-order valence-electron chi connectivity index (χ2n) is 4.63. The monoisotopic (exact) mass is 278 g/mol. The number of hydrogen-bond acceptors (Lipinski definition) is 5. The number of halogens is 1. The van der Waals surface area contributed by atoms with Gasteiger partial charge in [0, 0.05) is 5.25 Å². The lowest BCUT2D eigenvalue weighted by molar-refractivity contribution is -0.112. The van der Waals surface area contributed by atoms with Crippen LogP contribution in [0, 0.1) is 0 Å². The molecule has 1 heterocycles. The summed E-state index contributed by atoms with van der Waals surface area (Å²) in [6, 6.07) is -0.605. The maximum absolute atomic E-state index is 11.5. The summed E-state index contributed by atoms with van der Waals surface area (Å²) in [6.45, 7) is 7.13. The van der Waals surface area contributed by atoms with Crippen molar-refractivity contribution in [2.24, 2.45) is 4.99 Å². The second-order valence-corrected chi connectivity index (χ2v) is 6.37. The standard InChI is InChI=1S/C10H15ClN2O3S/c1-5-6(7(11)14)12-8(17-5)13-9(15)16-10(2,3)4/h5-6H,1-4H3,(H,12,13,15)/t5-,6?/m0/s1. The Kier molecular flexibility index (Phi) is 4.43. The predicted octanol–water partition coefficient (Wildman–Crippen LogP) is 2.14. The Balaban J connectivity index is 2.57. The number of ether oxygens (including phenoxy) is 1. The molecule has 1 N–H and O–H groups in total. The second kappa shape index (κ2) is 5.27. The van der Waals surface area contributed by atoms with Crippen molar-refractivity contribution in [1.29, 1.82) is 0 Å². The first-order valence-corrected chi connectivity index (χ1v) is 6.38. The number of thioether (sulfide) groups is 1. The number of aliphatic imine (C=N–C) groups is 1. The van der Waals surface area contributed by atoms with Crippen molar-refractivity contribution < 1.29 is 14.3 Å². The maximum Gasteiger partial charge on any atom is 0.413 e. The first-order chi connectivity index (χ1) is 7.69. The molecule has 1 rings (SSSR count). The molecule has 17 heavy (non-hydrogen) atoms. The summed E-state index contributed by atoms with van der Waals surface area (Å²) in [5, 5.41) is 2.26. The fourth-order valence-electron chi connectivity index (χ4n) is 1.19. The fraction of sp³-hybridized carbons (Fsp3) is 0.700. The van der Waals surface area contributed by atoms with E-state index in [1.807, 2.05) is 6.92 Å². The molecule has 0 aromatic rings. The van der Waals surface area contributed by atoms with Gasteiger partial charge in [-0.2, -0.15) is 0 Å². The number of amidine groups is 1. The molecule has 0 aromatic carbocycles. The van der Waals surface area contributed by atoms with E-state index >= 15 is 0 Å². The van der Waals surface area contributed by atoms with Gasteiger partial charge < -0.3 is 4.74 Å². The summed E-state index contributed by atoms with van der Waals surface area (Å²) in [6.07, 6.45) is -0.585. The highest BCUT2D eigenvalue weighted by atomic mass is 35.5. The van der Waals surface area contributed by atoms with Gasteiger partial charge in [-0.15, -0.1) is 0 Å². The van der Waals surface area contributed by atoms with E-state index in [2.05, 4.69) is 10.3 Å². The van der Waals surface area contributed by atoms with Gasteiger partial charge in [0.2, 0.25) is 5.24 Å². The quantitative estimate of drug-likeness (QED) is 0.746. The zero-order valence-electron chi connectivity index (χ0n) is 10.1. The number of carbonyl (C=O) groups excluding carboxylic acids is 2. The highest BCUT2D eigenvalue weighted by molar-refractivity contribution is 8.14. The molecule has 2 atom stereocenters. The molecule has 0 saturated heterocycles. The fourth-order valence-corrected chi connectivity index (χ4v) is 2.48. The molecule has 96 valence electrons. The topological polar surface area (TPSA) is 67.8 Å². The van der Waals surface area contributed by atoms with Crippen LogP contribution in [0.3, 0.4) is 0 Å². The normalized spacial score (nSPS) is 24.2. The molecule has 0 spiro atoms. The van der Waals surface area contributed by atoms with Gasteiger partial charge in [0.05, 0.1) is 0 Å². The smallest absolute Gasteiger partial charge is 0.413 e. The van der Waals surface area contributed by atoms with E-state index in [9.17, 15) is 9.59 Å². The van der Waals surface area contributed by atoms with E-state index in [0.717, 1.165) is 0 Å². The average molecular weight is 279 g/mol. The van der Waals surface area contributed by atoms with Gasteiger partial charge in [-0.05, 0) is 32.4 Å². The third kappa shape index (κ3) is 4.55. The number of nitrogens with zero attached hydrogens (tertiary/aromatic N) is 1. The van der Waals surface area contributed by atoms with E-state index < -0.39 is 23.0 Å². The lowest BCUT2D eigenvalue weighted by Crippen LogP contribution is -2.34. The lowest BCUT2D eigenvalue weighted by Gasteiger charge is -2.19. The number of carbonyl (C=O) groups is 2. The Labute approximate surface area is 109 Å². The molecule has 7 heteroatoms. The van der Waals surface area contributed by atoms with Crippen LogP contribution in [0.1, 0.15) is 27.7 Å². The summed E-state index contributed by atoms with van der Waals surface area (Å²) in [5.74, 6) is 0. The SMILES string of the molecule is C[C@@H]1SC(NC(=O)OC(C)(C)C)=NC1C(=O)Cl. The van der Waals surface area contributed by atoms with Crippen LogP contribution in [-0.4, -0.2) is 33.4 Å². The van der Waals surface area contributed by atoms with E-state index in [1.54, 1.807) is 20.8 Å². The van der Waals surface area contributed by atoms with Crippen molar-refractivity contribution in [3.8, 4) is 0 Å². The Hall–Kier alpha value is -0.750. The molecule has 1 aliphatic heterocycles. The highest BCUT2D eigenvalue weighted by Crippen LogP contribution is 2.26. The summed E-state index contributed by atoms with van der Waals surface area (Å²) < 4.78 is 5.07. The molecule has 5 nitrogen and oxygen atoms in total. The van der Waals surface area contributed by atoms with Gasteiger partial charge in [-0.1, -0.05) is 18.7 Å². The third-order valence-electron chi connectivity index (χ3n) is 1.84. The summed E-state index contributed by atoms with van der Waals surface area (Å²) >= 11 is 6.67. The van der Waals surface area contributed by atoms with E-state index in [-0.39, 0.29) is 5.25 Å². The maximum atomic E-state index is 11.5. The van der Waals surface area contributed by atoms with Crippen LogP contribution in [0.25, 0.3) is 0 Å². The van der Waals surface area contributed by atoms with Crippen molar-refractivity contribution >= 4 is 39.9 Å². The van der Waals surface area contributed by atoms with Gasteiger partial charge >= 0.3 is 6.09 Å². The molecule has 0 bridgehead atoms. The van der Waals surface area contributed by atoms with Crippen molar-refractivity contribution in [3.05, 3.63) is 0 Å². The number of rotatable bonds is 1. The zero-order valence-corrected chi connectivity index (χ0v) is 11.7. The van der Waals surface area contributed by atoms with Crippen LogP contribution in [-0.2, 0) is 9.53 Å². The van der Waals surface area contributed by atoms with Gasteiger partial charge in [-0.3, -0.25) is 10.1 Å². The minimum absolute atomic E-state index is 0.0788. The van der Waals surface area contributed by atoms with Crippen molar-refractivity contribution in [1.82, 2.24) is 5.32 Å². The lowest BCUT2D eigenvalue weighted by atomic mass is 10.2. The summed E-state index contributed by atoms with van der Waals surface area (Å²) in [4.78, 5) is 26.5. The molecule has 0 radical (unpaired) electrons. The zero-order chi connectivity index (χ0) is 13.2. The third-order valence-corrected chi connectivity index (χ3v) is 3.12. The van der Waals surface area contributed by atoms with Gasteiger partial charge in [0.15, 0.2) is 5.17 Å². The largest absolute Gasteiger partial charge is 0.444 e. The van der Waals surface area contributed by atoms with E-state index in [4.69, 9.17) is 16.3 Å². The van der Waals surface area contributed by atoms with Crippen LogP contribution < -0.4 is 5.32 Å². The summed E-state index contributed by atoms with van der Waals surface area (Å²) in [7, 11) is 0. The van der Waals surface area contributed by atoms with Crippen LogP contribution in [0.4, 0.5) is 4.79 Å². The molecule has 0 fully saturated rings. The average Bonchev–Trinajstić information content (AvgIpc) is 2.42. The Morgan fingerprint density at radius 3 is 2.47 bits per heavy atom. The van der Waals surface area contributed by atoms with E-state index in [0.29, 0.717) is 5.17 Å². The Morgan fingerprint density at radius 1 is 1.47 bits per heavy atom. The first kappa shape index (κ1) is 14.3. The Morgan fingerprint density at radius 2 is 2.06 bits per heavy atom. The van der Waals surface area contributed by atoms with Crippen LogP contribution >= 0.6 is 23.4 Å². The van der Waals surface area contributed by atoms with Crippen molar-refractivity contribution in [2.75, 3.05) is 0 Å². The first-order valence-electron chi connectivity index (χ1n) is 5.13. The van der Waals surface area contributed by atoms with Gasteiger partial charge in [-0.25, -0.2) is 9.79 Å². The molecular weight excluding hydrogens is 264 g/mol. The number of alkyl carbamates (subject to hydrolysis) is 1. The van der Waals surface area contributed by atoms with Crippen molar-refractivity contribution in [2.45, 2.75) is 44.6 Å². The van der Waals surface area contributed by atoms with Crippen molar-refractivity contribution in [3.63, 3.8) is 0 Å². The molecule has 1 unspecified atom stereocenters. The van der Waals surface area contributed by atoms with E-state index in [1.165, 1.54) is 11.8 Å². The van der Waals surface area contributed by atoms with Crippen LogP contribution in [0.15, 0.2) is 4.99 Å². The van der Waals surface area contributed by atoms with Crippen LogP contribution in [0.5, 0.6) is 0 Å². The molecule has 1 amide bonds. The minimum Gasteiger partial charge on any atom is -0.444 e. The molecule has 0 aromatic heterocycles. The molecule has 0 aliphatic carbocycles. The van der Waals surface area contributed by atoms with Crippen LogP contribution in [0.2, 0.25) is 0 Å². The van der Waals surface area contributed by atoms with Gasteiger partial charge in [0.1, 0.15) is 11.6 Å². The number of hydrogen-bond donors (Lipinski definition) is 1. The molecule has 0 saturated carbocycles. The summed E-state index contributed by atoms with van der Waals surface area (Å²) in [5.41, 5.74) is -0.568. The molecular formula is C10H15ClN2O3S. The minimum atomic E-state index is -0.605. The number of amides is 1. The Bertz CT molecular complexity index is 365.